The van der Waals surface area contributed by atoms with Crippen LogP contribution in [-0.4, -0.2) is 41.9 Å². The number of carbonyl (C=O) groups excluding carboxylic acids is 1. The predicted octanol–water partition coefficient (Wildman–Crippen LogP) is 12.5. The molecule has 296 valence electrons. The van der Waals surface area contributed by atoms with Crippen molar-refractivity contribution in [3.63, 3.8) is 0 Å². The maximum atomic E-state index is 12.5. The molecule has 0 heterocycles. The van der Waals surface area contributed by atoms with Gasteiger partial charge in [0.1, 0.15) is 0 Å². The topological polar surface area (TPSA) is 104 Å². The Hall–Kier alpha value is -1.96. The van der Waals surface area contributed by atoms with Gasteiger partial charge >= 0.3 is 0 Å². The maximum absolute atomic E-state index is 12.5. The van der Waals surface area contributed by atoms with Gasteiger partial charge in [0.2, 0.25) is 5.91 Å². The molecule has 51 heavy (non-hydrogen) atoms. The van der Waals surface area contributed by atoms with Crippen LogP contribution in [0.5, 0.6) is 0 Å². The summed E-state index contributed by atoms with van der Waals surface area (Å²) in [5.74, 6) is -1.01. The van der Waals surface area contributed by atoms with Crippen molar-refractivity contribution in [1.29, 1.82) is 0 Å². The lowest BCUT2D eigenvalue weighted by Crippen LogP contribution is -2.46. The van der Waals surface area contributed by atoms with Crippen molar-refractivity contribution in [3.8, 4) is 0 Å². The van der Waals surface area contributed by atoms with E-state index in [1.165, 1.54) is 115 Å². The fraction of sp³-hybridized carbons (Fsp3) is 0.750. The van der Waals surface area contributed by atoms with Gasteiger partial charge < -0.3 is 10.4 Å². The summed E-state index contributed by atoms with van der Waals surface area (Å²) in [5, 5.41) is 13.2. The summed E-state index contributed by atoms with van der Waals surface area (Å²) in [6.45, 7) is 4.49. The highest BCUT2D eigenvalue weighted by molar-refractivity contribution is 7.85. The molecule has 7 heteroatoms. The molecular weight excluding hydrogens is 655 g/mol. The molecule has 0 fully saturated rings. The normalized spacial score (nSPS) is 13.9. The Bertz CT molecular complexity index is 1030. The van der Waals surface area contributed by atoms with Crippen LogP contribution in [0.4, 0.5) is 0 Å². The highest BCUT2D eigenvalue weighted by Gasteiger charge is 2.24. The fourth-order valence-electron chi connectivity index (χ4n) is 6.00. The molecule has 0 radical (unpaired) electrons. The summed E-state index contributed by atoms with van der Waals surface area (Å²) in [6.07, 6.45) is 52.1. The summed E-state index contributed by atoms with van der Waals surface area (Å²) in [4.78, 5) is 12.5. The van der Waals surface area contributed by atoms with E-state index in [-0.39, 0.29) is 12.3 Å². The van der Waals surface area contributed by atoms with Crippen LogP contribution in [0, 0.1) is 0 Å². The molecule has 0 saturated heterocycles. The van der Waals surface area contributed by atoms with Crippen molar-refractivity contribution in [3.05, 3.63) is 60.8 Å². The average Bonchev–Trinajstić information content (AvgIpc) is 3.09. The highest BCUT2D eigenvalue weighted by Crippen LogP contribution is 2.13. The number of nitrogens with one attached hydrogen (secondary N) is 1. The first-order valence-corrected chi connectivity index (χ1v) is 22.6. The number of hydrogen-bond donors (Lipinski definition) is 3. The Morgan fingerprint density at radius 3 is 1.37 bits per heavy atom. The maximum Gasteiger partial charge on any atom is 0.267 e. The van der Waals surface area contributed by atoms with Gasteiger partial charge in [-0.3, -0.25) is 9.35 Å². The van der Waals surface area contributed by atoms with Crippen LogP contribution < -0.4 is 5.32 Å². The number of amides is 1. The molecule has 0 saturated carbocycles. The minimum atomic E-state index is -4.36. The second kappa shape index (κ2) is 37.8. The first kappa shape index (κ1) is 49.0. The Balaban J connectivity index is 3.94. The Kier molecular flexibility index (Phi) is 36.3. The summed E-state index contributed by atoms with van der Waals surface area (Å²) >= 11 is 0. The number of aliphatic hydroxyl groups is 1. The minimum Gasteiger partial charge on any atom is -0.387 e. The van der Waals surface area contributed by atoms with E-state index in [9.17, 15) is 22.9 Å². The summed E-state index contributed by atoms with van der Waals surface area (Å²) < 4.78 is 32.4. The number of rotatable bonds is 37. The van der Waals surface area contributed by atoms with E-state index in [4.69, 9.17) is 0 Å². The second-order valence-corrected chi connectivity index (χ2v) is 15.8. The third-order valence-electron chi connectivity index (χ3n) is 9.17. The molecule has 2 unspecified atom stereocenters. The minimum absolute atomic E-state index is 0.277. The van der Waals surface area contributed by atoms with Crippen LogP contribution in [0.2, 0.25) is 0 Å². The van der Waals surface area contributed by atoms with E-state index >= 15 is 0 Å². The summed E-state index contributed by atoms with van der Waals surface area (Å²) in [6, 6.07) is -1.08. The molecular formula is C44H79NO5S. The zero-order valence-electron chi connectivity index (χ0n) is 33.0. The van der Waals surface area contributed by atoms with Gasteiger partial charge in [0.05, 0.1) is 17.9 Å². The van der Waals surface area contributed by atoms with Gasteiger partial charge in [-0.05, 0) is 70.6 Å². The van der Waals surface area contributed by atoms with E-state index in [2.05, 4.69) is 67.8 Å². The van der Waals surface area contributed by atoms with Crippen molar-refractivity contribution in [2.45, 2.75) is 206 Å². The molecule has 2 atom stereocenters. The lowest BCUT2D eigenvalue weighted by molar-refractivity contribution is -0.122. The number of allylic oxidation sites excluding steroid dienone is 9. The third-order valence-corrected chi connectivity index (χ3v) is 9.95. The van der Waals surface area contributed by atoms with Crippen molar-refractivity contribution in [2.75, 3.05) is 5.75 Å². The Morgan fingerprint density at radius 2 is 0.902 bits per heavy atom. The molecule has 0 aliphatic rings. The van der Waals surface area contributed by atoms with Crippen molar-refractivity contribution < 1.29 is 22.9 Å². The fourth-order valence-corrected chi connectivity index (χ4v) is 6.73. The van der Waals surface area contributed by atoms with Crippen LogP contribution in [0.3, 0.4) is 0 Å². The molecule has 0 aromatic rings. The highest BCUT2D eigenvalue weighted by atomic mass is 32.2. The van der Waals surface area contributed by atoms with Crippen LogP contribution in [-0.2, 0) is 14.9 Å². The van der Waals surface area contributed by atoms with Crippen LogP contribution in [0.25, 0.3) is 0 Å². The number of hydrogen-bond acceptors (Lipinski definition) is 4. The van der Waals surface area contributed by atoms with Gasteiger partial charge in [-0.1, -0.05) is 177 Å². The molecule has 0 bridgehead atoms. The molecule has 0 aliphatic carbocycles. The largest absolute Gasteiger partial charge is 0.387 e. The van der Waals surface area contributed by atoms with E-state index in [0.29, 0.717) is 6.42 Å². The molecule has 0 aromatic carbocycles. The van der Waals surface area contributed by atoms with Gasteiger partial charge in [0.25, 0.3) is 10.1 Å². The predicted molar refractivity (Wildman–Crippen MR) is 221 cm³/mol. The van der Waals surface area contributed by atoms with Crippen molar-refractivity contribution in [1.82, 2.24) is 5.32 Å². The molecule has 6 nitrogen and oxygen atoms in total. The van der Waals surface area contributed by atoms with E-state index < -0.39 is 28.0 Å². The zero-order chi connectivity index (χ0) is 37.5. The quantitative estimate of drug-likeness (QED) is 0.0335. The number of aliphatic hydroxyl groups excluding tert-OH is 1. The second-order valence-electron chi connectivity index (χ2n) is 14.3. The Labute approximate surface area is 315 Å². The molecule has 0 rings (SSSR count). The third kappa shape index (κ3) is 39.1. The van der Waals surface area contributed by atoms with Gasteiger partial charge in [-0.2, -0.15) is 8.42 Å². The lowest BCUT2D eigenvalue weighted by Gasteiger charge is -2.21. The first-order valence-electron chi connectivity index (χ1n) is 21.0. The SMILES string of the molecule is CCCCCCC/C=C\C/C=C\C/C=C\CCCCCCCCCCC(=O)NC(CS(=O)(=O)O)C(O)/C=C/CC/C=C/CCCCCCCCC. The van der Waals surface area contributed by atoms with Crippen molar-refractivity contribution in [2.24, 2.45) is 0 Å². The van der Waals surface area contributed by atoms with E-state index in [1.54, 1.807) is 6.08 Å². The molecule has 3 N–H and O–H groups in total. The van der Waals surface area contributed by atoms with E-state index in [1.807, 2.05) is 0 Å². The molecule has 0 aromatic heterocycles. The first-order chi connectivity index (χ1) is 24.8. The number of carbonyl (C=O) groups is 1. The monoisotopic (exact) mass is 734 g/mol. The molecule has 1 amide bonds. The van der Waals surface area contributed by atoms with Gasteiger partial charge in [-0.25, -0.2) is 0 Å². The lowest BCUT2D eigenvalue weighted by atomic mass is 10.1. The van der Waals surface area contributed by atoms with Crippen LogP contribution in [0.1, 0.15) is 194 Å². The van der Waals surface area contributed by atoms with Gasteiger partial charge in [0.15, 0.2) is 0 Å². The standard InChI is InChI=1S/C44H79NO5S/c1-3-5-7-9-11-13-15-17-18-19-20-21-22-23-24-25-26-28-30-32-34-36-38-40-44(47)45-42(41-51(48,49)50)43(46)39-37-35-33-31-29-27-16-14-12-10-8-6-4-2/h15,17,19-20,22-23,29,31,37,39,42-43,46H,3-14,16,18,21,24-28,30,32-36,38,40-41H2,1-2H3,(H,45,47)(H,48,49,50)/b17-15-,20-19-,23-22-,31-29+,39-37+. The Morgan fingerprint density at radius 1 is 0.529 bits per heavy atom. The van der Waals surface area contributed by atoms with Crippen LogP contribution >= 0.6 is 0 Å². The van der Waals surface area contributed by atoms with E-state index in [0.717, 1.165) is 57.8 Å². The molecule has 0 aliphatic heterocycles. The summed E-state index contributed by atoms with van der Waals surface area (Å²) in [7, 11) is -4.36. The zero-order valence-corrected chi connectivity index (χ0v) is 33.8. The molecule has 0 spiro atoms. The van der Waals surface area contributed by atoms with Crippen molar-refractivity contribution >= 4 is 16.0 Å². The van der Waals surface area contributed by atoms with Gasteiger partial charge in [-0.15, -0.1) is 0 Å². The summed E-state index contributed by atoms with van der Waals surface area (Å²) in [5.41, 5.74) is 0. The van der Waals surface area contributed by atoms with Crippen LogP contribution in [0.15, 0.2) is 60.8 Å². The number of unbranched alkanes of at least 4 members (excludes halogenated alkanes) is 21. The smallest absolute Gasteiger partial charge is 0.267 e. The average molecular weight is 734 g/mol. The van der Waals surface area contributed by atoms with Gasteiger partial charge in [0, 0.05) is 6.42 Å².